The van der Waals surface area contributed by atoms with Crippen LogP contribution < -0.4 is 16.4 Å². The molecule has 0 radical (unpaired) electrons. The Morgan fingerprint density at radius 3 is 3.00 bits per heavy atom. The zero-order valence-electron chi connectivity index (χ0n) is 12.3. The smallest absolute Gasteiger partial charge is 0.249 e. The van der Waals surface area contributed by atoms with Gasteiger partial charge in [-0.25, -0.2) is 0 Å². The lowest BCUT2D eigenvalue weighted by Gasteiger charge is -2.25. The lowest BCUT2D eigenvalue weighted by molar-refractivity contribution is -0.121. The number of primary amides is 1. The van der Waals surface area contributed by atoms with Gasteiger partial charge < -0.3 is 11.1 Å². The predicted octanol–water partition coefficient (Wildman–Crippen LogP) is 2.00. The van der Waals surface area contributed by atoms with E-state index in [9.17, 15) is 9.59 Å². The van der Waals surface area contributed by atoms with Crippen molar-refractivity contribution in [2.45, 2.75) is 19.0 Å². The van der Waals surface area contributed by atoms with Crippen LogP contribution in [0.15, 0.2) is 29.6 Å². The third kappa shape index (κ3) is 3.55. The molecule has 0 bridgehead atoms. The monoisotopic (exact) mass is 349 g/mol. The number of thiophene rings is 1. The zero-order chi connectivity index (χ0) is 16.4. The number of carbonyl (C=O) groups excluding carboxylic acids is 2. The molecule has 0 aliphatic carbocycles. The highest BCUT2D eigenvalue weighted by molar-refractivity contribution is 7.10. The van der Waals surface area contributed by atoms with Gasteiger partial charge in [-0.3, -0.25) is 14.9 Å². The fourth-order valence-electron chi connectivity index (χ4n) is 2.70. The SMILES string of the molecule is NC(=O)c1csc2c1CCNC2NC(=O)Cc1cccc(Cl)c1. The van der Waals surface area contributed by atoms with Gasteiger partial charge in [0, 0.05) is 21.8 Å². The minimum absolute atomic E-state index is 0.105. The second-order valence-corrected chi connectivity index (χ2v) is 6.72. The molecule has 4 N–H and O–H groups in total. The van der Waals surface area contributed by atoms with Crippen molar-refractivity contribution in [2.24, 2.45) is 5.73 Å². The van der Waals surface area contributed by atoms with Gasteiger partial charge in [0.2, 0.25) is 11.8 Å². The van der Waals surface area contributed by atoms with Gasteiger partial charge in [-0.05, 0) is 29.7 Å². The second-order valence-electron chi connectivity index (χ2n) is 5.37. The normalized spacial score (nSPS) is 16.7. The maximum absolute atomic E-state index is 12.3. The van der Waals surface area contributed by atoms with Crippen LogP contribution in [0.2, 0.25) is 5.02 Å². The number of nitrogens with two attached hydrogens (primary N) is 1. The molecule has 120 valence electrons. The zero-order valence-corrected chi connectivity index (χ0v) is 13.8. The van der Waals surface area contributed by atoms with Crippen molar-refractivity contribution >= 4 is 34.8 Å². The molecule has 3 rings (SSSR count). The van der Waals surface area contributed by atoms with Crippen molar-refractivity contribution in [1.82, 2.24) is 10.6 Å². The fraction of sp³-hybridized carbons (Fsp3) is 0.250. The van der Waals surface area contributed by atoms with Gasteiger partial charge in [-0.1, -0.05) is 23.7 Å². The Hall–Kier alpha value is -1.89. The van der Waals surface area contributed by atoms with E-state index in [0.717, 1.165) is 22.4 Å². The van der Waals surface area contributed by atoms with Crippen molar-refractivity contribution in [2.75, 3.05) is 6.54 Å². The van der Waals surface area contributed by atoms with Gasteiger partial charge in [-0.2, -0.15) is 0 Å². The summed E-state index contributed by atoms with van der Waals surface area (Å²) in [6.45, 7) is 0.687. The molecule has 1 aromatic heterocycles. The van der Waals surface area contributed by atoms with Gasteiger partial charge in [0.25, 0.3) is 0 Å². The Kier molecular flexibility index (Phi) is 4.66. The minimum Gasteiger partial charge on any atom is -0.366 e. The molecule has 2 heterocycles. The van der Waals surface area contributed by atoms with Crippen LogP contribution in [0.5, 0.6) is 0 Å². The number of hydrogen-bond donors (Lipinski definition) is 3. The molecule has 1 atom stereocenters. The Labute approximate surface area is 142 Å². The molecule has 0 fully saturated rings. The third-order valence-corrected chi connectivity index (χ3v) is 5.06. The lowest BCUT2D eigenvalue weighted by Crippen LogP contribution is -2.42. The number of hydrogen-bond acceptors (Lipinski definition) is 4. The van der Waals surface area contributed by atoms with Crippen LogP contribution in [0.25, 0.3) is 0 Å². The Morgan fingerprint density at radius 2 is 2.26 bits per heavy atom. The Balaban J connectivity index is 1.72. The average molecular weight is 350 g/mol. The molecule has 5 nitrogen and oxygen atoms in total. The fourth-order valence-corrected chi connectivity index (χ4v) is 4.05. The van der Waals surface area contributed by atoms with E-state index in [1.807, 2.05) is 12.1 Å². The van der Waals surface area contributed by atoms with Gasteiger partial charge in [0.05, 0.1) is 12.0 Å². The molecular weight excluding hydrogens is 334 g/mol. The molecule has 0 saturated carbocycles. The number of nitrogens with one attached hydrogen (secondary N) is 2. The summed E-state index contributed by atoms with van der Waals surface area (Å²) >= 11 is 7.37. The third-order valence-electron chi connectivity index (χ3n) is 3.74. The molecule has 1 aliphatic heterocycles. The molecule has 7 heteroatoms. The summed E-state index contributed by atoms with van der Waals surface area (Å²) < 4.78 is 0. The van der Waals surface area contributed by atoms with Crippen LogP contribution in [0, 0.1) is 0 Å². The van der Waals surface area contributed by atoms with E-state index in [1.165, 1.54) is 11.3 Å². The minimum atomic E-state index is -0.423. The van der Waals surface area contributed by atoms with Gasteiger partial charge in [-0.15, -0.1) is 11.3 Å². The summed E-state index contributed by atoms with van der Waals surface area (Å²) in [7, 11) is 0. The first-order chi connectivity index (χ1) is 11.0. The van der Waals surface area contributed by atoms with Crippen LogP contribution in [0.4, 0.5) is 0 Å². The molecule has 2 aromatic rings. The van der Waals surface area contributed by atoms with E-state index in [4.69, 9.17) is 17.3 Å². The molecule has 1 aromatic carbocycles. The summed E-state index contributed by atoms with van der Waals surface area (Å²) in [5, 5.41) is 8.59. The highest BCUT2D eigenvalue weighted by Gasteiger charge is 2.26. The van der Waals surface area contributed by atoms with Crippen LogP contribution in [-0.2, 0) is 17.6 Å². The number of amides is 2. The van der Waals surface area contributed by atoms with E-state index >= 15 is 0 Å². The molecule has 0 spiro atoms. The highest BCUT2D eigenvalue weighted by Crippen LogP contribution is 2.30. The summed E-state index contributed by atoms with van der Waals surface area (Å²) in [4.78, 5) is 24.7. The number of carbonyl (C=O) groups is 2. The van der Waals surface area contributed by atoms with Crippen LogP contribution >= 0.6 is 22.9 Å². The number of rotatable bonds is 4. The topological polar surface area (TPSA) is 84.2 Å². The molecule has 23 heavy (non-hydrogen) atoms. The van der Waals surface area contributed by atoms with Gasteiger partial charge in [0.15, 0.2) is 0 Å². The first-order valence-corrected chi connectivity index (χ1v) is 8.47. The predicted molar refractivity (Wildman–Crippen MR) is 90.6 cm³/mol. The first kappa shape index (κ1) is 16.0. The quantitative estimate of drug-likeness (QED) is 0.789. The first-order valence-electron chi connectivity index (χ1n) is 7.22. The second kappa shape index (κ2) is 6.70. The number of benzene rings is 1. The molecule has 1 aliphatic rings. The van der Waals surface area contributed by atoms with E-state index in [2.05, 4.69) is 10.6 Å². The Morgan fingerprint density at radius 1 is 1.43 bits per heavy atom. The summed E-state index contributed by atoms with van der Waals surface area (Å²) in [5.74, 6) is -0.528. The van der Waals surface area contributed by atoms with Gasteiger partial charge >= 0.3 is 0 Å². The van der Waals surface area contributed by atoms with Crippen LogP contribution in [0.3, 0.4) is 0 Å². The van der Waals surface area contributed by atoms with Crippen molar-refractivity contribution in [1.29, 1.82) is 0 Å². The van der Waals surface area contributed by atoms with Crippen molar-refractivity contribution in [3.05, 3.63) is 56.2 Å². The maximum atomic E-state index is 12.3. The molecule has 1 unspecified atom stereocenters. The number of halogens is 1. The summed E-state index contributed by atoms with van der Waals surface area (Å²) in [5.41, 5.74) is 7.74. The maximum Gasteiger partial charge on any atom is 0.249 e. The van der Waals surface area contributed by atoms with Crippen molar-refractivity contribution in [3.8, 4) is 0 Å². The molecule has 0 saturated heterocycles. The van der Waals surface area contributed by atoms with Crippen LogP contribution in [0.1, 0.15) is 32.5 Å². The van der Waals surface area contributed by atoms with Crippen molar-refractivity contribution in [3.63, 3.8) is 0 Å². The van der Waals surface area contributed by atoms with E-state index in [0.29, 0.717) is 17.1 Å². The highest BCUT2D eigenvalue weighted by atomic mass is 35.5. The van der Waals surface area contributed by atoms with Crippen LogP contribution in [-0.4, -0.2) is 18.4 Å². The lowest BCUT2D eigenvalue weighted by atomic mass is 10.0. The van der Waals surface area contributed by atoms with E-state index in [-0.39, 0.29) is 18.5 Å². The summed E-state index contributed by atoms with van der Waals surface area (Å²) in [6, 6.07) is 7.23. The summed E-state index contributed by atoms with van der Waals surface area (Å²) in [6.07, 6.45) is 0.698. The van der Waals surface area contributed by atoms with Gasteiger partial charge in [0.1, 0.15) is 6.17 Å². The van der Waals surface area contributed by atoms with E-state index in [1.54, 1.807) is 17.5 Å². The largest absolute Gasteiger partial charge is 0.366 e. The number of fused-ring (bicyclic) bond motifs is 1. The van der Waals surface area contributed by atoms with Crippen molar-refractivity contribution < 1.29 is 9.59 Å². The van der Waals surface area contributed by atoms with E-state index < -0.39 is 5.91 Å². The average Bonchev–Trinajstić information content (AvgIpc) is 2.92. The molecule has 2 amide bonds. The molecular formula is C16H16ClN3O2S. The Bertz CT molecular complexity index is 760. The standard InChI is InChI=1S/C16H16ClN3O2S/c17-10-3-1-2-9(6-10)7-13(21)20-16-14-11(4-5-19-16)12(8-23-14)15(18)22/h1-3,6,8,16,19H,4-5,7H2,(H2,18,22)(H,20,21).